The molecule has 0 atom stereocenters. The molecule has 3 aromatic rings. The van der Waals surface area contributed by atoms with Crippen LogP contribution in [0.15, 0.2) is 53.4 Å². The zero-order valence-corrected chi connectivity index (χ0v) is 16.5. The highest BCUT2D eigenvalue weighted by atomic mass is 32.2. The highest BCUT2D eigenvalue weighted by molar-refractivity contribution is 7.89. The van der Waals surface area contributed by atoms with Gasteiger partial charge in [-0.2, -0.15) is 13.2 Å². The van der Waals surface area contributed by atoms with Crippen molar-refractivity contribution < 1.29 is 26.4 Å². The van der Waals surface area contributed by atoms with E-state index in [1.807, 2.05) is 0 Å². The normalized spacial score (nSPS) is 12.0. The van der Waals surface area contributed by atoms with Gasteiger partial charge in [0, 0.05) is 11.3 Å². The number of para-hydroxylation sites is 1. The predicted octanol–water partition coefficient (Wildman–Crippen LogP) is 4.04. The fourth-order valence-corrected chi connectivity index (χ4v) is 4.03. The molecule has 0 saturated heterocycles. The maximum atomic E-state index is 13.2. The summed E-state index contributed by atoms with van der Waals surface area (Å²) in [5, 5.41) is 7.72. The number of alkyl halides is 3. The average Bonchev–Trinajstić information content (AvgIpc) is 3.04. The number of rotatable bonds is 4. The number of carbonyl (C=O) groups excluding carboxylic acids is 1. The third kappa shape index (κ3) is 4.63. The number of nitrogens with zero attached hydrogens (tertiary/aromatic N) is 1. The van der Waals surface area contributed by atoms with E-state index in [-0.39, 0.29) is 15.6 Å². The number of thiazole rings is 1. The molecule has 152 valence electrons. The molecule has 0 fully saturated rings. The molecule has 3 N–H and O–H groups in total. The number of amides is 1. The van der Waals surface area contributed by atoms with Crippen LogP contribution in [0.5, 0.6) is 0 Å². The van der Waals surface area contributed by atoms with E-state index >= 15 is 0 Å². The molecule has 2 aromatic carbocycles. The molecular weight excluding hydrogens is 427 g/mol. The van der Waals surface area contributed by atoms with E-state index in [9.17, 15) is 26.4 Å². The third-order valence-corrected chi connectivity index (χ3v) is 5.74. The standard InChI is InChI=1S/C18H14F3N3O3S2/c1-10-23-16(18(19,20)21)15(28-10)17(25)24-14-8-3-2-7-13(14)11-5-4-6-12(9-11)29(22,26)27/h2-9H,1H3,(H,24,25)(H2,22,26,27). The number of benzene rings is 2. The van der Waals surface area contributed by atoms with Crippen molar-refractivity contribution in [2.24, 2.45) is 5.14 Å². The Labute approximate surface area is 168 Å². The zero-order chi connectivity index (χ0) is 21.4. The van der Waals surface area contributed by atoms with Gasteiger partial charge in [-0.1, -0.05) is 30.3 Å². The highest BCUT2D eigenvalue weighted by Crippen LogP contribution is 2.35. The summed E-state index contributed by atoms with van der Waals surface area (Å²) in [4.78, 5) is 15.3. The molecule has 0 radical (unpaired) electrons. The maximum Gasteiger partial charge on any atom is 0.435 e. The molecule has 0 spiro atoms. The fraction of sp³-hybridized carbons (Fsp3) is 0.111. The zero-order valence-electron chi connectivity index (χ0n) is 14.8. The number of anilines is 1. The van der Waals surface area contributed by atoms with E-state index in [0.29, 0.717) is 22.5 Å². The molecule has 29 heavy (non-hydrogen) atoms. The van der Waals surface area contributed by atoms with Crippen molar-refractivity contribution in [1.29, 1.82) is 0 Å². The molecule has 0 unspecified atom stereocenters. The van der Waals surface area contributed by atoms with Gasteiger partial charge in [0.05, 0.1) is 9.90 Å². The van der Waals surface area contributed by atoms with Crippen molar-refractivity contribution in [1.82, 2.24) is 4.98 Å². The molecule has 0 bridgehead atoms. The first-order valence-electron chi connectivity index (χ1n) is 8.05. The van der Waals surface area contributed by atoms with Crippen LogP contribution >= 0.6 is 11.3 Å². The highest BCUT2D eigenvalue weighted by Gasteiger charge is 2.39. The number of halogens is 3. The molecule has 3 rings (SSSR count). The van der Waals surface area contributed by atoms with Crippen molar-refractivity contribution >= 4 is 33.0 Å². The van der Waals surface area contributed by atoms with Crippen molar-refractivity contribution in [2.75, 3.05) is 5.32 Å². The summed E-state index contributed by atoms with van der Waals surface area (Å²) in [7, 11) is -3.95. The minimum atomic E-state index is -4.76. The first-order valence-corrected chi connectivity index (χ1v) is 10.4. The maximum absolute atomic E-state index is 13.2. The van der Waals surface area contributed by atoms with E-state index < -0.39 is 32.7 Å². The quantitative estimate of drug-likeness (QED) is 0.638. The Morgan fingerprint density at radius 3 is 2.48 bits per heavy atom. The molecule has 0 aliphatic carbocycles. The summed E-state index contributed by atoms with van der Waals surface area (Å²) in [5.41, 5.74) is -0.195. The molecule has 1 amide bonds. The van der Waals surface area contributed by atoms with Crippen molar-refractivity contribution in [3.63, 3.8) is 0 Å². The first-order chi connectivity index (χ1) is 13.5. The molecule has 1 heterocycles. The lowest BCUT2D eigenvalue weighted by Crippen LogP contribution is -2.17. The largest absolute Gasteiger partial charge is 0.435 e. The number of carbonyl (C=O) groups is 1. The van der Waals surface area contributed by atoms with Gasteiger partial charge < -0.3 is 5.32 Å². The number of primary sulfonamides is 1. The second-order valence-electron chi connectivity index (χ2n) is 5.98. The van der Waals surface area contributed by atoms with Gasteiger partial charge in [-0.25, -0.2) is 18.5 Å². The Morgan fingerprint density at radius 1 is 1.14 bits per heavy atom. The van der Waals surface area contributed by atoms with E-state index in [1.54, 1.807) is 24.3 Å². The van der Waals surface area contributed by atoms with Gasteiger partial charge in [-0.3, -0.25) is 4.79 Å². The van der Waals surface area contributed by atoms with Gasteiger partial charge in [0.15, 0.2) is 5.69 Å². The number of hydrogen-bond acceptors (Lipinski definition) is 5. The summed E-state index contributed by atoms with van der Waals surface area (Å²) in [6, 6.07) is 12.0. The van der Waals surface area contributed by atoms with E-state index in [1.165, 1.54) is 31.2 Å². The summed E-state index contributed by atoms with van der Waals surface area (Å²) in [6.45, 7) is 1.38. The Bertz CT molecular complexity index is 1190. The number of sulfonamides is 1. The number of hydrogen-bond donors (Lipinski definition) is 2. The SMILES string of the molecule is Cc1nc(C(F)(F)F)c(C(=O)Nc2ccccc2-c2cccc(S(N)(=O)=O)c2)s1. The number of aromatic nitrogens is 1. The predicted molar refractivity (Wildman–Crippen MR) is 103 cm³/mol. The van der Waals surface area contributed by atoms with Crippen LogP contribution in [-0.4, -0.2) is 19.3 Å². The number of nitrogens with one attached hydrogen (secondary N) is 1. The molecule has 1 aromatic heterocycles. The van der Waals surface area contributed by atoms with Gasteiger partial charge in [0.1, 0.15) is 4.88 Å². The minimum Gasteiger partial charge on any atom is -0.321 e. The van der Waals surface area contributed by atoms with Gasteiger partial charge in [0.2, 0.25) is 10.0 Å². The average molecular weight is 441 g/mol. The smallest absolute Gasteiger partial charge is 0.321 e. The Kier molecular flexibility index (Phi) is 5.48. The molecular formula is C18H14F3N3O3S2. The topological polar surface area (TPSA) is 102 Å². The van der Waals surface area contributed by atoms with E-state index in [2.05, 4.69) is 10.3 Å². The lowest BCUT2D eigenvalue weighted by molar-refractivity contribution is -0.141. The molecule has 0 aliphatic heterocycles. The molecule has 0 aliphatic rings. The summed E-state index contributed by atoms with van der Waals surface area (Å²) < 4.78 is 62.7. The summed E-state index contributed by atoms with van der Waals surface area (Å²) in [5.74, 6) is -0.960. The molecule has 0 saturated carbocycles. The van der Waals surface area contributed by atoms with Gasteiger partial charge in [-0.05, 0) is 30.7 Å². The summed E-state index contributed by atoms with van der Waals surface area (Å²) in [6.07, 6.45) is -4.76. The Hall–Kier alpha value is -2.76. The minimum absolute atomic E-state index is 0.108. The van der Waals surface area contributed by atoms with Crippen LogP contribution in [0.25, 0.3) is 11.1 Å². The number of aryl methyl sites for hydroxylation is 1. The Balaban J connectivity index is 2.01. The van der Waals surface area contributed by atoms with Crippen molar-refractivity contribution in [3.8, 4) is 11.1 Å². The molecule has 6 nitrogen and oxygen atoms in total. The van der Waals surface area contributed by atoms with E-state index in [0.717, 1.165) is 0 Å². The van der Waals surface area contributed by atoms with Crippen LogP contribution in [0, 0.1) is 6.92 Å². The van der Waals surface area contributed by atoms with Crippen LogP contribution in [0.1, 0.15) is 20.4 Å². The molecule has 11 heteroatoms. The Morgan fingerprint density at radius 2 is 1.83 bits per heavy atom. The van der Waals surface area contributed by atoms with Crippen LogP contribution in [0.2, 0.25) is 0 Å². The van der Waals surface area contributed by atoms with Crippen LogP contribution in [0.4, 0.5) is 18.9 Å². The first kappa shape index (κ1) is 21.0. The van der Waals surface area contributed by atoms with Gasteiger partial charge >= 0.3 is 6.18 Å². The third-order valence-electron chi connectivity index (χ3n) is 3.86. The van der Waals surface area contributed by atoms with Crippen molar-refractivity contribution in [2.45, 2.75) is 18.0 Å². The van der Waals surface area contributed by atoms with Crippen LogP contribution in [-0.2, 0) is 16.2 Å². The van der Waals surface area contributed by atoms with Crippen LogP contribution < -0.4 is 10.5 Å². The lowest BCUT2D eigenvalue weighted by atomic mass is 10.0. The van der Waals surface area contributed by atoms with Gasteiger partial charge in [0.25, 0.3) is 5.91 Å². The van der Waals surface area contributed by atoms with Gasteiger partial charge in [-0.15, -0.1) is 11.3 Å². The monoisotopic (exact) mass is 441 g/mol. The second-order valence-corrected chi connectivity index (χ2v) is 8.75. The van der Waals surface area contributed by atoms with Crippen LogP contribution in [0.3, 0.4) is 0 Å². The second kappa shape index (κ2) is 7.58. The summed E-state index contributed by atoms with van der Waals surface area (Å²) >= 11 is 0.637. The van der Waals surface area contributed by atoms with Crippen molar-refractivity contribution in [3.05, 3.63) is 64.1 Å². The lowest BCUT2D eigenvalue weighted by Gasteiger charge is -2.12. The number of nitrogens with two attached hydrogens (primary N) is 1. The fourth-order valence-electron chi connectivity index (χ4n) is 2.64. The van der Waals surface area contributed by atoms with E-state index in [4.69, 9.17) is 5.14 Å².